The minimum atomic E-state index is 1.05. The summed E-state index contributed by atoms with van der Waals surface area (Å²) in [5, 5.41) is 1.31. The van der Waals surface area contributed by atoms with Gasteiger partial charge in [-0.3, -0.25) is 9.88 Å². The average molecular weight is 187 g/mol. The Morgan fingerprint density at radius 1 is 1.36 bits per heavy atom. The average Bonchev–Trinajstić information content (AvgIpc) is 2.54. The number of likely N-dealkylation sites (N-methyl/N-ethyl adjacent to an activating group) is 1. The predicted octanol–water partition coefficient (Wildman–Crippen LogP) is 1.48. The third-order valence-corrected chi connectivity index (χ3v) is 2.93. The molecule has 0 spiro atoms. The summed E-state index contributed by atoms with van der Waals surface area (Å²) < 4.78 is 2.38. The van der Waals surface area contributed by atoms with Gasteiger partial charge in [0.1, 0.15) is 0 Å². The quantitative estimate of drug-likeness (QED) is 0.623. The predicted molar refractivity (Wildman–Crippen MR) is 56.1 cm³/mol. The van der Waals surface area contributed by atoms with E-state index in [4.69, 9.17) is 0 Å². The summed E-state index contributed by atoms with van der Waals surface area (Å²) in [5.41, 5.74) is 2.68. The van der Waals surface area contributed by atoms with Crippen molar-refractivity contribution in [3.63, 3.8) is 0 Å². The van der Waals surface area contributed by atoms with E-state index >= 15 is 0 Å². The van der Waals surface area contributed by atoms with Crippen molar-refractivity contribution in [2.45, 2.75) is 13.1 Å². The fraction of sp³-hybridized carbons (Fsp3) is 0.364. The first-order valence-corrected chi connectivity index (χ1v) is 4.95. The Kier molecular flexibility index (Phi) is 1.61. The molecule has 0 radical (unpaired) electrons. The van der Waals surface area contributed by atoms with E-state index in [-0.39, 0.29) is 0 Å². The van der Waals surface area contributed by atoms with Crippen molar-refractivity contribution in [1.29, 1.82) is 0 Å². The van der Waals surface area contributed by atoms with Crippen LogP contribution in [0.3, 0.4) is 0 Å². The van der Waals surface area contributed by atoms with Crippen LogP contribution in [0.5, 0.6) is 0 Å². The largest absolute Gasteiger partial charge is 0.341 e. The van der Waals surface area contributed by atoms with E-state index in [0.717, 1.165) is 19.6 Å². The molecule has 0 unspecified atom stereocenters. The summed E-state index contributed by atoms with van der Waals surface area (Å²) in [6, 6.07) is 4.35. The van der Waals surface area contributed by atoms with Crippen LogP contribution in [-0.2, 0) is 13.1 Å². The molecule has 0 fully saturated rings. The Labute approximate surface area is 83.0 Å². The lowest BCUT2D eigenvalue weighted by molar-refractivity contribution is 0.273. The second-order valence-corrected chi connectivity index (χ2v) is 3.96. The number of rotatable bonds is 0. The lowest BCUT2D eigenvalue weighted by atomic mass is 10.3. The van der Waals surface area contributed by atoms with Crippen molar-refractivity contribution in [2.75, 3.05) is 13.6 Å². The van der Waals surface area contributed by atoms with Gasteiger partial charge in [0.25, 0.3) is 0 Å². The van der Waals surface area contributed by atoms with Gasteiger partial charge in [0.2, 0.25) is 0 Å². The first-order chi connectivity index (χ1) is 6.84. The highest BCUT2D eigenvalue weighted by Gasteiger charge is 2.15. The topological polar surface area (TPSA) is 21.1 Å². The highest BCUT2D eigenvalue weighted by Crippen LogP contribution is 2.22. The van der Waals surface area contributed by atoms with Crippen molar-refractivity contribution < 1.29 is 0 Å². The summed E-state index contributed by atoms with van der Waals surface area (Å²) in [6.07, 6.45) is 3.82. The first kappa shape index (κ1) is 8.00. The van der Waals surface area contributed by atoms with Gasteiger partial charge in [-0.15, -0.1) is 0 Å². The van der Waals surface area contributed by atoms with Gasteiger partial charge in [0.05, 0.1) is 11.7 Å². The van der Waals surface area contributed by atoms with Crippen LogP contribution in [0.15, 0.2) is 24.5 Å². The number of fused-ring (bicyclic) bond motifs is 3. The second-order valence-electron chi connectivity index (χ2n) is 3.96. The van der Waals surface area contributed by atoms with Gasteiger partial charge < -0.3 is 4.57 Å². The van der Waals surface area contributed by atoms with Gasteiger partial charge in [-0.2, -0.15) is 0 Å². The normalized spacial score (nSPS) is 17.2. The maximum atomic E-state index is 4.18. The van der Waals surface area contributed by atoms with E-state index in [2.05, 4.69) is 33.6 Å². The molecule has 2 aromatic heterocycles. The first-order valence-electron chi connectivity index (χ1n) is 4.95. The summed E-state index contributed by atoms with van der Waals surface area (Å²) in [6.45, 7) is 3.27. The lowest BCUT2D eigenvalue weighted by Crippen LogP contribution is -2.29. The summed E-state index contributed by atoms with van der Waals surface area (Å²) in [4.78, 5) is 6.53. The Morgan fingerprint density at radius 3 is 3.21 bits per heavy atom. The molecule has 72 valence electrons. The number of hydrogen-bond donors (Lipinski definition) is 0. The fourth-order valence-corrected chi connectivity index (χ4v) is 2.18. The fourth-order valence-electron chi connectivity index (χ4n) is 2.18. The zero-order valence-corrected chi connectivity index (χ0v) is 8.27. The Morgan fingerprint density at radius 2 is 2.29 bits per heavy atom. The third kappa shape index (κ3) is 1.06. The summed E-state index contributed by atoms with van der Waals surface area (Å²) in [5.74, 6) is 0. The molecule has 0 N–H and O–H groups in total. The molecular formula is C11H13N3. The molecule has 0 aliphatic carbocycles. The molecule has 0 atom stereocenters. The van der Waals surface area contributed by atoms with Crippen molar-refractivity contribution in [1.82, 2.24) is 14.5 Å². The van der Waals surface area contributed by atoms with Crippen LogP contribution in [0, 0.1) is 0 Å². The van der Waals surface area contributed by atoms with E-state index in [9.17, 15) is 0 Å². The van der Waals surface area contributed by atoms with E-state index < -0.39 is 0 Å². The van der Waals surface area contributed by atoms with Crippen LogP contribution in [0.1, 0.15) is 5.69 Å². The summed E-state index contributed by atoms with van der Waals surface area (Å²) in [7, 11) is 2.17. The molecule has 0 saturated carbocycles. The molecule has 0 bridgehead atoms. The highest BCUT2D eigenvalue weighted by atomic mass is 15.2. The molecule has 0 amide bonds. The van der Waals surface area contributed by atoms with E-state index in [1.54, 1.807) is 0 Å². The number of aromatic nitrogens is 2. The maximum absolute atomic E-state index is 4.18. The van der Waals surface area contributed by atoms with Gasteiger partial charge in [-0.25, -0.2) is 0 Å². The van der Waals surface area contributed by atoms with Crippen molar-refractivity contribution >= 4 is 10.9 Å². The van der Waals surface area contributed by atoms with Gasteiger partial charge in [0, 0.05) is 36.9 Å². The minimum Gasteiger partial charge on any atom is -0.341 e. The molecule has 1 aliphatic rings. The molecular weight excluding hydrogens is 174 g/mol. The van der Waals surface area contributed by atoms with Crippen LogP contribution in [0.25, 0.3) is 10.9 Å². The third-order valence-electron chi connectivity index (χ3n) is 2.93. The molecule has 3 heteroatoms. The molecule has 3 rings (SSSR count). The molecule has 1 aliphatic heterocycles. The van der Waals surface area contributed by atoms with Crippen LogP contribution < -0.4 is 0 Å². The smallest absolute Gasteiger partial charge is 0.0669 e. The van der Waals surface area contributed by atoms with Gasteiger partial charge >= 0.3 is 0 Å². The van der Waals surface area contributed by atoms with Crippen molar-refractivity contribution in [3.8, 4) is 0 Å². The van der Waals surface area contributed by atoms with E-state index in [0.29, 0.717) is 0 Å². The Bertz CT molecular complexity index is 472. The number of hydrogen-bond acceptors (Lipinski definition) is 2. The highest BCUT2D eigenvalue weighted by molar-refractivity contribution is 5.80. The van der Waals surface area contributed by atoms with Gasteiger partial charge in [-0.05, 0) is 19.2 Å². The van der Waals surface area contributed by atoms with Crippen LogP contribution in [0.2, 0.25) is 0 Å². The van der Waals surface area contributed by atoms with Crippen LogP contribution in [0.4, 0.5) is 0 Å². The monoisotopic (exact) mass is 187 g/mol. The molecule has 3 heterocycles. The second kappa shape index (κ2) is 2.82. The Balaban J connectivity index is 2.24. The zero-order chi connectivity index (χ0) is 9.54. The SMILES string of the molecule is CN1CCn2c(cc3ccncc32)C1. The van der Waals surface area contributed by atoms with Gasteiger partial charge in [0.15, 0.2) is 0 Å². The number of pyridine rings is 1. The van der Waals surface area contributed by atoms with Gasteiger partial charge in [-0.1, -0.05) is 0 Å². The van der Waals surface area contributed by atoms with Crippen molar-refractivity contribution in [2.24, 2.45) is 0 Å². The molecule has 0 aromatic carbocycles. The van der Waals surface area contributed by atoms with Crippen LogP contribution in [-0.4, -0.2) is 28.0 Å². The summed E-state index contributed by atoms with van der Waals surface area (Å²) >= 11 is 0. The standard InChI is InChI=1S/C11H13N3/c1-13-4-5-14-10(8-13)6-9-2-3-12-7-11(9)14/h2-3,6-7H,4-5,8H2,1H3. The molecule has 0 saturated heterocycles. The van der Waals surface area contributed by atoms with Crippen molar-refractivity contribution in [3.05, 3.63) is 30.2 Å². The minimum absolute atomic E-state index is 1.05. The van der Waals surface area contributed by atoms with E-state index in [1.807, 2.05) is 12.4 Å². The Hall–Kier alpha value is -1.35. The number of nitrogens with zero attached hydrogens (tertiary/aromatic N) is 3. The van der Waals surface area contributed by atoms with Crippen LogP contribution >= 0.6 is 0 Å². The molecule has 2 aromatic rings. The molecule has 3 nitrogen and oxygen atoms in total. The maximum Gasteiger partial charge on any atom is 0.0669 e. The zero-order valence-electron chi connectivity index (χ0n) is 8.27. The van der Waals surface area contributed by atoms with E-state index in [1.165, 1.54) is 16.6 Å². The molecule has 14 heavy (non-hydrogen) atoms. The lowest BCUT2D eigenvalue weighted by Gasteiger charge is -2.24.